The topological polar surface area (TPSA) is 40.8 Å². The molecule has 0 atom stereocenters. The number of benzene rings is 2. The highest BCUT2D eigenvalue weighted by Gasteiger charge is 2.24. The van der Waals surface area contributed by atoms with Gasteiger partial charge in [0.05, 0.1) is 12.7 Å². The Morgan fingerprint density at radius 1 is 1.08 bits per heavy atom. The summed E-state index contributed by atoms with van der Waals surface area (Å²) in [6.07, 6.45) is 0. The summed E-state index contributed by atoms with van der Waals surface area (Å²) in [5, 5.41) is 1.18. The molecule has 0 amide bonds. The van der Waals surface area contributed by atoms with Gasteiger partial charge < -0.3 is 18.9 Å². The van der Waals surface area contributed by atoms with Crippen LogP contribution in [0.3, 0.4) is 0 Å². The molecule has 2 heterocycles. The van der Waals surface area contributed by atoms with Crippen LogP contribution in [0.2, 0.25) is 0 Å². The van der Waals surface area contributed by atoms with Gasteiger partial charge in [-0.25, -0.2) is 0 Å². The Morgan fingerprint density at radius 3 is 2.68 bits per heavy atom. The highest BCUT2D eigenvalue weighted by Crippen LogP contribution is 2.37. The van der Waals surface area contributed by atoms with E-state index in [1.807, 2.05) is 30.3 Å². The maximum Gasteiger partial charge on any atom is 0.264 e. The van der Waals surface area contributed by atoms with E-state index in [-0.39, 0.29) is 0 Å². The average Bonchev–Trinajstić information content (AvgIpc) is 3.23. The number of thiazole rings is 1. The lowest BCUT2D eigenvalue weighted by Crippen LogP contribution is -2.35. The molecule has 0 saturated carbocycles. The van der Waals surface area contributed by atoms with Crippen LogP contribution < -0.4 is 18.8 Å². The van der Waals surface area contributed by atoms with Crippen molar-refractivity contribution in [3.8, 4) is 17.2 Å². The Balaban J connectivity index is 1.39. The molecule has 5 nitrogen and oxygen atoms in total. The first-order valence-corrected chi connectivity index (χ1v) is 9.17. The first-order chi connectivity index (χ1) is 12.3. The van der Waals surface area contributed by atoms with Crippen LogP contribution in [-0.4, -0.2) is 20.0 Å². The molecule has 2 aromatic carbocycles. The second-order valence-electron chi connectivity index (χ2n) is 5.63. The standard InChI is InChI=1S/C19H20NO4S/c1-2-20-15-10-16-17(24-13-23-16)11-18(15)25-19(20)12-21-8-9-22-14-6-4-3-5-7-14/h3-7,10-11H,2,8-9,12-13H2,1H3/q+1. The number of nitrogens with zero attached hydrogens (tertiary/aromatic N) is 1. The number of hydrogen-bond donors (Lipinski definition) is 0. The molecule has 4 rings (SSSR count). The van der Waals surface area contributed by atoms with Crippen molar-refractivity contribution in [1.29, 1.82) is 0 Å². The van der Waals surface area contributed by atoms with Crippen molar-refractivity contribution < 1.29 is 23.5 Å². The maximum atomic E-state index is 5.82. The Kier molecular flexibility index (Phi) is 4.72. The molecule has 1 aliphatic rings. The minimum atomic E-state index is 0.302. The van der Waals surface area contributed by atoms with Gasteiger partial charge in [0.1, 0.15) is 30.2 Å². The molecule has 6 heteroatoms. The van der Waals surface area contributed by atoms with E-state index < -0.39 is 0 Å². The van der Waals surface area contributed by atoms with Crippen LogP contribution in [0.15, 0.2) is 42.5 Å². The second kappa shape index (κ2) is 7.29. The van der Waals surface area contributed by atoms with Gasteiger partial charge in [0, 0.05) is 6.07 Å². The van der Waals surface area contributed by atoms with Crippen LogP contribution in [0.5, 0.6) is 17.2 Å². The SMILES string of the molecule is CC[n+]1c(COCCOc2ccccc2)sc2cc3c(cc21)OCO3. The monoisotopic (exact) mass is 358 g/mol. The molecule has 0 spiro atoms. The lowest BCUT2D eigenvalue weighted by Gasteiger charge is -2.05. The van der Waals surface area contributed by atoms with Crippen LogP contribution >= 0.6 is 11.3 Å². The van der Waals surface area contributed by atoms with Crippen LogP contribution in [0.1, 0.15) is 11.9 Å². The lowest BCUT2D eigenvalue weighted by atomic mass is 10.3. The van der Waals surface area contributed by atoms with Crippen molar-refractivity contribution in [1.82, 2.24) is 0 Å². The van der Waals surface area contributed by atoms with Crippen molar-refractivity contribution in [3.63, 3.8) is 0 Å². The van der Waals surface area contributed by atoms with Gasteiger partial charge in [-0.15, -0.1) is 0 Å². The molecule has 0 aliphatic carbocycles. The predicted molar refractivity (Wildman–Crippen MR) is 95.4 cm³/mol. The fourth-order valence-electron chi connectivity index (χ4n) is 2.87. The second-order valence-corrected chi connectivity index (χ2v) is 6.74. The number of hydrogen-bond acceptors (Lipinski definition) is 5. The molecular formula is C19H20NO4S+. The van der Waals surface area contributed by atoms with Crippen LogP contribution in [-0.2, 0) is 17.9 Å². The van der Waals surface area contributed by atoms with E-state index in [9.17, 15) is 0 Å². The highest BCUT2D eigenvalue weighted by molar-refractivity contribution is 7.18. The summed E-state index contributed by atoms with van der Waals surface area (Å²) in [6, 6.07) is 13.9. The van der Waals surface area contributed by atoms with Gasteiger partial charge in [-0.3, -0.25) is 0 Å². The predicted octanol–water partition coefficient (Wildman–Crippen LogP) is 3.53. The molecule has 130 valence electrons. The summed E-state index contributed by atoms with van der Waals surface area (Å²) in [5.41, 5.74) is 1.16. The van der Waals surface area contributed by atoms with Gasteiger partial charge in [0.25, 0.3) is 5.01 Å². The first-order valence-electron chi connectivity index (χ1n) is 8.35. The average molecular weight is 358 g/mol. The van der Waals surface area contributed by atoms with E-state index in [2.05, 4.69) is 23.6 Å². The number of fused-ring (bicyclic) bond motifs is 2. The van der Waals surface area contributed by atoms with Gasteiger partial charge >= 0.3 is 0 Å². The van der Waals surface area contributed by atoms with E-state index in [1.54, 1.807) is 11.3 Å². The van der Waals surface area contributed by atoms with Crippen molar-refractivity contribution in [2.24, 2.45) is 0 Å². The Morgan fingerprint density at radius 2 is 1.88 bits per heavy atom. The molecule has 1 aromatic heterocycles. The van der Waals surface area contributed by atoms with Crippen molar-refractivity contribution >= 4 is 21.6 Å². The molecule has 0 N–H and O–H groups in total. The minimum absolute atomic E-state index is 0.302. The lowest BCUT2D eigenvalue weighted by molar-refractivity contribution is -0.672. The van der Waals surface area contributed by atoms with Crippen LogP contribution in [0.25, 0.3) is 10.2 Å². The molecule has 1 aliphatic heterocycles. The molecule has 25 heavy (non-hydrogen) atoms. The zero-order chi connectivity index (χ0) is 17.1. The van der Waals surface area contributed by atoms with E-state index in [0.29, 0.717) is 26.6 Å². The number of ether oxygens (including phenoxy) is 4. The normalized spacial score (nSPS) is 12.7. The first kappa shape index (κ1) is 16.2. The van der Waals surface area contributed by atoms with Gasteiger partial charge in [-0.05, 0) is 19.1 Å². The highest BCUT2D eigenvalue weighted by atomic mass is 32.1. The van der Waals surface area contributed by atoms with Crippen molar-refractivity contribution in [3.05, 3.63) is 47.5 Å². The van der Waals surface area contributed by atoms with E-state index in [1.165, 1.54) is 9.71 Å². The zero-order valence-corrected chi connectivity index (χ0v) is 14.9. The Hall–Kier alpha value is -2.31. The molecule has 0 unspecified atom stereocenters. The van der Waals surface area contributed by atoms with Gasteiger partial charge in [0.2, 0.25) is 12.3 Å². The van der Waals surface area contributed by atoms with Crippen LogP contribution in [0, 0.1) is 0 Å². The van der Waals surface area contributed by atoms with Crippen LogP contribution in [0.4, 0.5) is 0 Å². The summed E-state index contributed by atoms with van der Waals surface area (Å²) in [5.74, 6) is 2.50. The fraction of sp³-hybridized carbons (Fsp3) is 0.316. The fourth-order valence-corrected chi connectivity index (χ4v) is 4.04. The van der Waals surface area contributed by atoms with Gasteiger partial charge in [-0.2, -0.15) is 4.57 Å². The maximum absolute atomic E-state index is 5.82. The summed E-state index contributed by atoms with van der Waals surface area (Å²) >= 11 is 1.73. The number of rotatable bonds is 7. The summed E-state index contributed by atoms with van der Waals surface area (Å²) in [7, 11) is 0. The summed E-state index contributed by atoms with van der Waals surface area (Å²) in [6.45, 7) is 4.98. The third-order valence-electron chi connectivity index (χ3n) is 4.06. The van der Waals surface area contributed by atoms with Gasteiger partial charge in [0.15, 0.2) is 11.5 Å². The molecule has 0 radical (unpaired) electrons. The number of aromatic nitrogens is 1. The Labute approximate surface area is 150 Å². The third-order valence-corrected chi connectivity index (χ3v) is 5.18. The van der Waals surface area contributed by atoms with Gasteiger partial charge in [-0.1, -0.05) is 29.5 Å². The van der Waals surface area contributed by atoms with Crippen molar-refractivity contribution in [2.75, 3.05) is 20.0 Å². The van der Waals surface area contributed by atoms with E-state index in [4.69, 9.17) is 18.9 Å². The smallest absolute Gasteiger partial charge is 0.264 e. The Bertz CT molecular complexity index is 863. The van der Waals surface area contributed by atoms with E-state index >= 15 is 0 Å². The molecule has 0 bridgehead atoms. The minimum Gasteiger partial charge on any atom is -0.491 e. The van der Waals surface area contributed by atoms with Crippen molar-refractivity contribution in [2.45, 2.75) is 20.1 Å². The van der Waals surface area contributed by atoms with E-state index in [0.717, 1.165) is 29.3 Å². The molecule has 0 fully saturated rings. The summed E-state index contributed by atoms with van der Waals surface area (Å²) in [4.78, 5) is 0. The third kappa shape index (κ3) is 3.41. The molecule has 0 saturated heterocycles. The summed E-state index contributed by atoms with van der Waals surface area (Å²) < 4.78 is 25.9. The number of aryl methyl sites for hydroxylation is 1. The zero-order valence-electron chi connectivity index (χ0n) is 14.1. The quantitative estimate of drug-likeness (QED) is 0.479. The molecule has 3 aromatic rings. The largest absolute Gasteiger partial charge is 0.491 e. The molecular weight excluding hydrogens is 338 g/mol. The number of para-hydroxylation sites is 1.